The molecule has 0 N–H and O–H groups in total. The van der Waals surface area contributed by atoms with E-state index in [1.54, 1.807) is 0 Å². The number of carbonyl (C=O) groups is 1. The zero-order chi connectivity index (χ0) is 21.1. The van der Waals surface area contributed by atoms with Crippen molar-refractivity contribution in [1.29, 1.82) is 0 Å². The predicted octanol–water partition coefficient (Wildman–Crippen LogP) is 2.29. The van der Waals surface area contributed by atoms with E-state index in [9.17, 15) is 4.79 Å². The summed E-state index contributed by atoms with van der Waals surface area (Å²) in [6.07, 6.45) is 1.23. The number of benzene rings is 1. The molecule has 3 aromatic rings. The molecule has 1 aromatic carbocycles. The SMILES string of the molecule is CCOc1ccc(CC(=O)N2CCN(c3cc(C)n4c(CC)nnc4n3)CC2)cc1. The van der Waals surface area contributed by atoms with E-state index in [1.807, 2.05) is 40.5 Å². The highest BCUT2D eigenvalue weighted by molar-refractivity contribution is 5.79. The van der Waals surface area contributed by atoms with Crippen LogP contribution in [0.25, 0.3) is 5.78 Å². The summed E-state index contributed by atoms with van der Waals surface area (Å²) in [5.41, 5.74) is 2.08. The number of hydrogen-bond donors (Lipinski definition) is 0. The number of rotatable bonds is 6. The molecular weight excluding hydrogens is 380 g/mol. The van der Waals surface area contributed by atoms with Gasteiger partial charge in [-0.25, -0.2) is 0 Å². The molecule has 0 aliphatic carbocycles. The summed E-state index contributed by atoms with van der Waals surface area (Å²) in [5.74, 6) is 3.44. The molecular formula is C22H28N6O2. The van der Waals surface area contributed by atoms with Crippen LogP contribution in [0.5, 0.6) is 5.75 Å². The summed E-state index contributed by atoms with van der Waals surface area (Å²) in [6.45, 7) is 9.61. The van der Waals surface area contributed by atoms with Crippen molar-refractivity contribution in [2.75, 3.05) is 37.7 Å². The van der Waals surface area contributed by atoms with E-state index in [0.717, 1.165) is 48.2 Å². The third kappa shape index (κ3) is 4.08. The van der Waals surface area contributed by atoms with Gasteiger partial charge in [-0.3, -0.25) is 9.20 Å². The Kier molecular flexibility index (Phi) is 5.83. The van der Waals surface area contributed by atoms with Gasteiger partial charge in [-0.05, 0) is 31.5 Å². The van der Waals surface area contributed by atoms with E-state index in [0.29, 0.717) is 31.9 Å². The van der Waals surface area contributed by atoms with Crippen molar-refractivity contribution in [1.82, 2.24) is 24.5 Å². The minimum Gasteiger partial charge on any atom is -0.494 e. The van der Waals surface area contributed by atoms with Crippen molar-refractivity contribution < 1.29 is 9.53 Å². The smallest absolute Gasteiger partial charge is 0.257 e. The first-order valence-electron chi connectivity index (χ1n) is 10.5. The molecule has 1 aliphatic rings. The fraction of sp³-hybridized carbons (Fsp3) is 0.455. The Morgan fingerprint density at radius 3 is 2.47 bits per heavy atom. The Labute approximate surface area is 176 Å². The molecule has 1 amide bonds. The maximum Gasteiger partial charge on any atom is 0.257 e. The zero-order valence-electron chi connectivity index (χ0n) is 17.8. The first-order valence-corrected chi connectivity index (χ1v) is 10.5. The highest BCUT2D eigenvalue weighted by atomic mass is 16.5. The summed E-state index contributed by atoms with van der Waals surface area (Å²) >= 11 is 0. The summed E-state index contributed by atoms with van der Waals surface area (Å²) in [7, 11) is 0. The Bertz CT molecular complexity index is 1020. The van der Waals surface area contributed by atoms with E-state index in [-0.39, 0.29) is 5.91 Å². The topological polar surface area (TPSA) is 75.9 Å². The van der Waals surface area contributed by atoms with Gasteiger partial charge in [-0.15, -0.1) is 10.2 Å². The monoisotopic (exact) mass is 408 g/mol. The van der Waals surface area contributed by atoms with E-state index in [1.165, 1.54) is 0 Å². The second kappa shape index (κ2) is 8.69. The number of aromatic nitrogens is 4. The van der Waals surface area contributed by atoms with Crippen LogP contribution < -0.4 is 9.64 Å². The van der Waals surface area contributed by atoms with Crippen molar-refractivity contribution in [2.45, 2.75) is 33.6 Å². The molecule has 1 aliphatic heterocycles. The number of amides is 1. The molecule has 8 nitrogen and oxygen atoms in total. The molecule has 4 rings (SSSR count). The lowest BCUT2D eigenvalue weighted by atomic mass is 10.1. The minimum absolute atomic E-state index is 0.156. The van der Waals surface area contributed by atoms with Crippen molar-refractivity contribution in [2.24, 2.45) is 0 Å². The Balaban J connectivity index is 1.37. The number of nitrogens with zero attached hydrogens (tertiary/aromatic N) is 6. The zero-order valence-corrected chi connectivity index (χ0v) is 17.8. The van der Waals surface area contributed by atoms with Gasteiger partial charge in [-0.1, -0.05) is 19.1 Å². The summed E-state index contributed by atoms with van der Waals surface area (Å²) in [5, 5.41) is 8.44. The Morgan fingerprint density at radius 1 is 1.07 bits per heavy atom. The average molecular weight is 409 g/mol. The molecule has 0 bridgehead atoms. The fourth-order valence-corrected chi connectivity index (χ4v) is 3.86. The molecule has 0 radical (unpaired) electrons. The highest BCUT2D eigenvalue weighted by Gasteiger charge is 2.23. The van der Waals surface area contributed by atoms with Crippen LogP contribution in [-0.2, 0) is 17.6 Å². The molecule has 30 heavy (non-hydrogen) atoms. The van der Waals surface area contributed by atoms with Gasteiger partial charge in [0.1, 0.15) is 17.4 Å². The van der Waals surface area contributed by atoms with Crippen LogP contribution in [0.4, 0.5) is 5.82 Å². The highest BCUT2D eigenvalue weighted by Crippen LogP contribution is 2.19. The number of anilines is 1. The molecule has 0 spiro atoms. The van der Waals surface area contributed by atoms with Gasteiger partial charge in [0.15, 0.2) is 0 Å². The second-order valence-electron chi connectivity index (χ2n) is 7.48. The lowest BCUT2D eigenvalue weighted by Gasteiger charge is -2.35. The molecule has 158 valence electrons. The molecule has 3 heterocycles. The Morgan fingerprint density at radius 2 is 1.80 bits per heavy atom. The number of piperazine rings is 1. The summed E-state index contributed by atoms with van der Waals surface area (Å²) < 4.78 is 7.46. The van der Waals surface area contributed by atoms with Gasteiger partial charge in [0.2, 0.25) is 5.91 Å². The normalized spacial score (nSPS) is 14.4. The van der Waals surface area contributed by atoms with E-state index in [4.69, 9.17) is 4.74 Å². The quantitative estimate of drug-likeness (QED) is 0.623. The van der Waals surface area contributed by atoms with Crippen LogP contribution >= 0.6 is 0 Å². The maximum absolute atomic E-state index is 12.7. The number of carbonyl (C=O) groups excluding carboxylic acids is 1. The first kappa shape index (κ1) is 20.1. The third-order valence-corrected chi connectivity index (χ3v) is 5.48. The lowest BCUT2D eigenvalue weighted by molar-refractivity contribution is -0.130. The number of aryl methyl sites for hydroxylation is 2. The molecule has 8 heteroatoms. The van der Waals surface area contributed by atoms with Gasteiger partial charge in [0, 0.05) is 44.4 Å². The number of fused-ring (bicyclic) bond motifs is 1. The number of hydrogen-bond acceptors (Lipinski definition) is 6. The standard InChI is InChI=1S/C22H28N6O2/c1-4-19-24-25-22-23-20(14-16(3)28(19)22)26-10-12-27(13-11-26)21(29)15-17-6-8-18(9-7-17)30-5-2/h6-9,14H,4-5,10-13,15H2,1-3H3. The largest absolute Gasteiger partial charge is 0.494 e. The van der Waals surface area contributed by atoms with Crippen LogP contribution in [0.3, 0.4) is 0 Å². The van der Waals surface area contributed by atoms with Crippen LogP contribution in [-0.4, -0.2) is 63.2 Å². The van der Waals surface area contributed by atoms with Gasteiger partial charge in [0.05, 0.1) is 13.0 Å². The van der Waals surface area contributed by atoms with E-state index in [2.05, 4.69) is 40.0 Å². The molecule has 1 fully saturated rings. The Hall–Kier alpha value is -3.16. The van der Waals surface area contributed by atoms with Crippen molar-refractivity contribution >= 4 is 17.5 Å². The van der Waals surface area contributed by atoms with Gasteiger partial charge < -0.3 is 14.5 Å². The predicted molar refractivity (Wildman–Crippen MR) is 115 cm³/mol. The third-order valence-electron chi connectivity index (χ3n) is 5.48. The second-order valence-corrected chi connectivity index (χ2v) is 7.48. The van der Waals surface area contributed by atoms with Crippen LogP contribution in [0.15, 0.2) is 30.3 Å². The van der Waals surface area contributed by atoms with Crippen LogP contribution in [0.1, 0.15) is 30.9 Å². The minimum atomic E-state index is 0.156. The van der Waals surface area contributed by atoms with Crippen LogP contribution in [0, 0.1) is 6.92 Å². The molecule has 2 aromatic heterocycles. The molecule has 1 saturated heterocycles. The van der Waals surface area contributed by atoms with Crippen molar-refractivity contribution in [3.63, 3.8) is 0 Å². The van der Waals surface area contributed by atoms with Gasteiger partial charge in [0.25, 0.3) is 5.78 Å². The van der Waals surface area contributed by atoms with Crippen molar-refractivity contribution in [3.05, 3.63) is 47.4 Å². The average Bonchev–Trinajstić information content (AvgIpc) is 3.19. The molecule has 0 atom stereocenters. The van der Waals surface area contributed by atoms with E-state index >= 15 is 0 Å². The van der Waals surface area contributed by atoms with Crippen molar-refractivity contribution in [3.8, 4) is 5.75 Å². The summed E-state index contributed by atoms with van der Waals surface area (Å²) in [4.78, 5) is 21.6. The lowest BCUT2D eigenvalue weighted by Crippen LogP contribution is -2.49. The fourth-order valence-electron chi connectivity index (χ4n) is 3.86. The molecule has 0 unspecified atom stereocenters. The first-order chi connectivity index (χ1) is 14.6. The van der Waals surface area contributed by atoms with Gasteiger partial charge in [-0.2, -0.15) is 4.98 Å². The maximum atomic E-state index is 12.7. The number of ether oxygens (including phenoxy) is 1. The van der Waals surface area contributed by atoms with E-state index < -0.39 is 0 Å². The summed E-state index contributed by atoms with van der Waals surface area (Å²) in [6, 6.07) is 9.84. The van der Waals surface area contributed by atoms with Crippen LogP contribution in [0.2, 0.25) is 0 Å². The van der Waals surface area contributed by atoms with Gasteiger partial charge >= 0.3 is 0 Å². The molecule has 0 saturated carbocycles.